The molecule has 0 bridgehead atoms. The van der Waals surface area contributed by atoms with Crippen molar-refractivity contribution in [2.45, 2.75) is 0 Å². The van der Waals surface area contributed by atoms with E-state index in [2.05, 4.69) is 9.97 Å². The van der Waals surface area contributed by atoms with Gasteiger partial charge in [-0.1, -0.05) is 18.2 Å². The van der Waals surface area contributed by atoms with Crippen LogP contribution < -0.4 is 5.56 Å². The fourth-order valence-electron chi connectivity index (χ4n) is 1.85. The molecule has 0 saturated carbocycles. The van der Waals surface area contributed by atoms with Gasteiger partial charge in [-0.05, 0) is 12.1 Å². The molecule has 0 unspecified atom stereocenters. The normalized spacial score (nSPS) is 10.6. The van der Waals surface area contributed by atoms with Crippen molar-refractivity contribution in [2.75, 3.05) is 0 Å². The summed E-state index contributed by atoms with van der Waals surface area (Å²) in [6.07, 6.45) is 2.63. The summed E-state index contributed by atoms with van der Waals surface area (Å²) in [6, 6.07) is 9.30. The lowest BCUT2D eigenvalue weighted by Gasteiger charge is -2.02. The van der Waals surface area contributed by atoms with Crippen molar-refractivity contribution < 1.29 is 8.42 Å². The van der Waals surface area contributed by atoms with Gasteiger partial charge in [-0.2, -0.15) is 8.42 Å². The number of aromatic nitrogens is 4. The molecule has 8 heteroatoms. The van der Waals surface area contributed by atoms with Gasteiger partial charge in [-0.3, -0.25) is 13.9 Å². The Hall–Kier alpha value is -2.74. The van der Waals surface area contributed by atoms with Crippen LogP contribution in [0.5, 0.6) is 0 Å². The molecule has 0 aliphatic heterocycles. The summed E-state index contributed by atoms with van der Waals surface area (Å²) in [7, 11) is -2.49. The summed E-state index contributed by atoms with van der Waals surface area (Å²) in [5, 5.41) is 0. The van der Waals surface area contributed by atoms with Crippen molar-refractivity contribution in [1.29, 1.82) is 0 Å². The molecule has 0 aliphatic rings. The molecule has 0 fully saturated rings. The van der Waals surface area contributed by atoms with E-state index in [0.717, 1.165) is 22.1 Å². The van der Waals surface area contributed by atoms with Crippen LogP contribution in [0.1, 0.15) is 0 Å². The number of imidazole rings is 1. The Bertz CT molecular complexity index is 963. The first-order valence-electron chi connectivity index (χ1n) is 5.59. The molecule has 0 saturated heterocycles. The second kappa shape index (κ2) is 4.74. The van der Waals surface area contributed by atoms with Gasteiger partial charge in [0.2, 0.25) is 10.3 Å². The predicted octanol–water partition coefficient (Wildman–Crippen LogP) is 0.0691. The SMILES string of the molecule is O=c1c2ncn(-c3ccccc3)c2ncn1C=S(=O)=O. The number of nitrogens with zero attached hydrogens (tertiary/aromatic N) is 4. The van der Waals surface area contributed by atoms with Crippen molar-refractivity contribution in [2.24, 2.45) is 0 Å². The van der Waals surface area contributed by atoms with Crippen LogP contribution in [0.3, 0.4) is 0 Å². The summed E-state index contributed by atoms with van der Waals surface area (Å²) < 4.78 is 23.8. The molecule has 3 rings (SSSR count). The molecule has 0 atom stereocenters. The minimum atomic E-state index is -2.49. The monoisotopic (exact) mass is 288 g/mol. The van der Waals surface area contributed by atoms with Gasteiger partial charge < -0.3 is 0 Å². The summed E-state index contributed by atoms with van der Waals surface area (Å²) in [4.78, 5) is 20.2. The second-order valence-corrected chi connectivity index (χ2v) is 4.68. The van der Waals surface area contributed by atoms with E-state index < -0.39 is 15.9 Å². The largest absolute Gasteiger partial charge is 0.286 e. The van der Waals surface area contributed by atoms with Crippen LogP contribution in [0.2, 0.25) is 0 Å². The maximum atomic E-state index is 12.1. The van der Waals surface area contributed by atoms with Crippen molar-refractivity contribution in [1.82, 2.24) is 19.1 Å². The highest BCUT2D eigenvalue weighted by atomic mass is 32.2. The fourth-order valence-corrected chi connectivity index (χ4v) is 2.19. The van der Waals surface area contributed by atoms with E-state index in [-0.39, 0.29) is 5.52 Å². The first-order valence-corrected chi connectivity index (χ1v) is 6.73. The van der Waals surface area contributed by atoms with E-state index in [4.69, 9.17) is 0 Å². The maximum Gasteiger partial charge on any atom is 0.286 e. The standard InChI is InChI=1S/C12H8N4O3S/c17-12-10-11(14-6-15(12)8-20(18)19)16(7-13-10)9-4-2-1-3-5-9/h1-8H. The van der Waals surface area contributed by atoms with Crippen molar-refractivity contribution >= 4 is 26.9 Å². The highest BCUT2D eigenvalue weighted by Crippen LogP contribution is 2.12. The zero-order chi connectivity index (χ0) is 14.1. The lowest BCUT2D eigenvalue weighted by molar-refractivity contribution is 0.627. The molecular formula is C12H8N4O3S. The van der Waals surface area contributed by atoms with Gasteiger partial charge >= 0.3 is 0 Å². The summed E-state index contributed by atoms with van der Waals surface area (Å²) in [6.45, 7) is 0. The quantitative estimate of drug-likeness (QED) is 0.623. The Morgan fingerprint density at radius 3 is 2.50 bits per heavy atom. The Labute approximate surface area is 114 Å². The van der Waals surface area contributed by atoms with Crippen LogP contribution >= 0.6 is 0 Å². The van der Waals surface area contributed by atoms with Crippen LogP contribution in [0, 0.1) is 0 Å². The fraction of sp³-hybridized carbons (Fsp3) is 0. The van der Waals surface area contributed by atoms with Gasteiger partial charge in [0.25, 0.3) is 5.56 Å². The second-order valence-electron chi connectivity index (χ2n) is 3.95. The molecule has 0 spiro atoms. The number of hydrogen-bond acceptors (Lipinski definition) is 5. The van der Waals surface area contributed by atoms with Gasteiger partial charge in [0.15, 0.2) is 11.2 Å². The van der Waals surface area contributed by atoms with E-state index >= 15 is 0 Å². The summed E-state index contributed by atoms with van der Waals surface area (Å²) >= 11 is 0. The van der Waals surface area contributed by atoms with E-state index in [0.29, 0.717) is 5.65 Å². The molecule has 20 heavy (non-hydrogen) atoms. The average molecular weight is 288 g/mol. The minimum Gasteiger partial charge on any atom is -0.283 e. The molecule has 3 aromatic rings. The van der Waals surface area contributed by atoms with Gasteiger partial charge in [0, 0.05) is 5.69 Å². The van der Waals surface area contributed by atoms with Crippen LogP contribution in [0.25, 0.3) is 16.9 Å². The molecule has 0 aliphatic carbocycles. The van der Waals surface area contributed by atoms with Crippen LogP contribution in [-0.4, -0.2) is 33.0 Å². The average Bonchev–Trinajstić information content (AvgIpc) is 2.87. The molecule has 2 aromatic heterocycles. The summed E-state index contributed by atoms with van der Waals surface area (Å²) in [5.41, 5.74) is 1.52. The number of fused-ring (bicyclic) bond motifs is 1. The lowest BCUT2D eigenvalue weighted by Crippen LogP contribution is -2.20. The molecule has 1 aromatic carbocycles. The van der Waals surface area contributed by atoms with Gasteiger partial charge in [-0.25, -0.2) is 9.97 Å². The van der Waals surface area contributed by atoms with Gasteiger partial charge in [-0.15, -0.1) is 0 Å². The smallest absolute Gasteiger partial charge is 0.283 e. The van der Waals surface area contributed by atoms with E-state index in [9.17, 15) is 13.2 Å². The molecule has 0 radical (unpaired) electrons. The molecule has 0 N–H and O–H groups in total. The number of hydrogen-bond donors (Lipinski definition) is 0. The van der Waals surface area contributed by atoms with Crippen molar-refractivity contribution in [3.8, 4) is 5.69 Å². The Morgan fingerprint density at radius 2 is 1.80 bits per heavy atom. The van der Waals surface area contributed by atoms with Gasteiger partial charge in [0.1, 0.15) is 18.1 Å². The summed E-state index contributed by atoms with van der Waals surface area (Å²) in [5.74, 6) is 0. The van der Waals surface area contributed by atoms with Crippen molar-refractivity contribution in [3.63, 3.8) is 0 Å². The molecular weight excluding hydrogens is 280 g/mol. The predicted molar refractivity (Wildman–Crippen MR) is 73.5 cm³/mol. The Balaban J connectivity index is 2.29. The molecule has 0 amide bonds. The highest BCUT2D eigenvalue weighted by Gasteiger charge is 2.10. The van der Waals surface area contributed by atoms with Crippen LogP contribution in [0.15, 0.2) is 47.8 Å². The third-order valence-corrected chi connectivity index (χ3v) is 3.12. The molecule has 100 valence electrons. The minimum absolute atomic E-state index is 0.109. The van der Waals surface area contributed by atoms with Crippen LogP contribution in [-0.2, 0) is 10.3 Å². The zero-order valence-electron chi connectivity index (χ0n) is 10.0. The lowest BCUT2D eigenvalue weighted by atomic mass is 10.3. The van der Waals surface area contributed by atoms with Gasteiger partial charge in [0.05, 0.1) is 0 Å². The first kappa shape index (κ1) is 12.3. The van der Waals surface area contributed by atoms with Crippen molar-refractivity contribution in [3.05, 3.63) is 53.3 Å². The highest BCUT2D eigenvalue weighted by molar-refractivity contribution is 7.71. The third-order valence-electron chi connectivity index (χ3n) is 2.72. The van der Waals surface area contributed by atoms with E-state index in [1.165, 1.54) is 6.33 Å². The van der Waals surface area contributed by atoms with E-state index in [1.807, 2.05) is 30.3 Å². The number of benzene rings is 1. The zero-order valence-corrected chi connectivity index (χ0v) is 10.9. The van der Waals surface area contributed by atoms with Crippen LogP contribution in [0.4, 0.5) is 0 Å². The first-order chi connectivity index (χ1) is 9.66. The Morgan fingerprint density at radius 1 is 1.05 bits per heavy atom. The Kier molecular flexibility index (Phi) is 2.92. The maximum absolute atomic E-state index is 12.1. The van der Waals surface area contributed by atoms with E-state index in [1.54, 1.807) is 4.57 Å². The molecule has 7 nitrogen and oxygen atoms in total. The number of rotatable bonds is 2. The number of para-hydroxylation sites is 1. The molecule has 2 heterocycles. The topological polar surface area (TPSA) is 86.8 Å². The third kappa shape index (κ3) is 2.01.